The van der Waals surface area contributed by atoms with Gasteiger partial charge in [-0.1, -0.05) is 41.3 Å². The van der Waals surface area contributed by atoms with Crippen LogP contribution in [0.1, 0.15) is 37.8 Å². The predicted octanol–water partition coefficient (Wildman–Crippen LogP) is 11.8. The number of hydrogen-bond donors (Lipinski definition) is 0. The summed E-state index contributed by atoms with van der Waals surface area (Å²) in [5, 5.41) is 2.02. The summed E-state index contributed by atoms with van der Waals surface area (Å²) in [5.41, 5.74) is 11.2. The number of fused-ring (bicyclic) bond motifs is 4. The molecule has 281 valence electrons. The van der Waals surface area contributed by atoms with E-state index in [1.54, 1.807) is 6.20 Å². The summed E-state index contributed by atoms with van der Waals surface area (Å²) in [6, 6.07) is 48.7. The Morgan fingerprint density at radius 2 is 1.54 bits per heavy atom. The van der Waals surface area contributed by atoms with E-state index in [9.17, 15) is 0 Å². The van der Waals surface area contributed by atoms with Crippen molar-refractivity contribution >= 4 is 50.8 Å². The van der Waals surface area contributed by atoms with Gasteiger partial charge in [0, 0.05) is 37.4 Å². The first-order chi connectivity index (χ1) is 27.4. The average Bonchev–Trinajstić information content (AvgIpc) is 3.80. The smallest absolute Gasteiger partial charge is 0 e. The number of imidazole rings is 1. The van der Waals surface area contributed by atoms with Crippen molar-refractivity contribution in [3.63, 3.8) is 0 Å². The van der Waals surface area contributed by atoms with Crippen LogP contribution in [-0.2, 0) is 26.5 Å². The summed E-state index contributed by atoms with van der Waals surface area (Å²) in [4.78, 5) is 14.1. The van der Waals surface area contributed by atoms with Crippen LogP contribution in [0, 0.1) is 26.0 Å². The SMILES string of the molecule is Cc1cccc(C)c1-n1c(-c2[c-]ccc3c2oc2ncccc23)nc2ccccc21.[2H]C([2H])(c1cc(-c2[c-]cccc2)nc[c]1[Ge]([CH3])([CH3])[CH3])C(C)c1ccccc1.[Ir]. The molecule has 0 aliphatic heterocycles. The second-order valence-electron chi connectivity index (χ2n) is 15.0. The molecule has 0 saturated heterocycles. The molecule has 5 nitrogen and oxygen atoms in total. The number of para-hydroxylation sites is 3. The van der Waals surface area contributed by atoms with E-state index in [1.165, 1.54) is 11.1 Å². The Balaban J connectivity index is 0.000000175. The summed E-state index contributed by atoms with van der Waals surface area (Å²) in [7, 11) is 0. The third-order valence-electron chi connectivity index (χ3n) is 10.0. The Kier molecular flexibility index (Phi) is 10.8. The topological polar surface area (TPSA) is 56.7 Å². The Morgan fingerprint density at radius 3 is 2.29 bits per heavy atom. The Morgan fingerprint density at radius 1 is 0.786 bits per heavy atom. The first-order valence-corrected chi connectivity index (χ1v) is 26.0. The van der Waals surface area contributed by atoms with Crippen molar-refractivity contribution in [1.29, 1.82) is 0 Å². The van der Waals surface area contributed by atoms with Crippen molar-refractivity contribution in [3.05, 3.63) is 174 Å². The largest absolute Gasteiger partial charge is 0 e. The van der Waals surface area contributed by atoms with Gasteiger partial charge in [-0.05, 0) is 49.2 Å². The molecule has 0 N–H and O–H groups in total. The average molecular weight is 972 g/mol. The molecule has 56 heavy (non-hydrogen) atoms. The van der Waals surface area contributed by atoms with Crippen LogP contribution in [-0.4, -0.2) is 32.8 Å². The molecule has 1 unspecified atom stereocenters. The van der Waals surface area contributed by atoms with Gasteiger partial charge in [0.05, 0.1) is 22.4 Å². The van der Waals surface area contributed by atoms with Crippen molar-refractivity contribution in [2.24, 2.45) is 0 Å². The van der Waals surface area contributed by atoms with Gasteiger partial charge in [0.15, 0.2) is 0 Å². The molecule has 0 spiro atoms. The van der Waals surface area contributed by atoms with Gasteiger partial charge in [-0.3, -0.25) is 4.98 Å². The summed E-state index contributed by atoms with van der Waals surface area (Å²) >= 11 is -2.32. The maximum absolute atomic E-state index is 9.05. The minimum absolute atomic E-state index is 0. The Labute approximate surface area is 348 Å². The summed E-state index contributed by atoms with van der Waals surface area (Å²) in [6.07, 6.45) is 2.18. The second-order valence-corrected chi connectivity index (χ2v) is 25.5. The zero-order valence-corrected chi connectivity index (χ0v) is 36.9. The first-order valence-electron chi connectivity index (χ1n) is 19.7. The number of benzene rings is 5. The molecule has 1 radical (unpaired) electrons. The van der Waals surface area contributed by atoms with E-state index in [-0.39, 0.29) is 26.0 Å². The second kappa shape index (κ2) is 16.5. The fourth-order valence-corrected chi connectivity index (χ4v) is 10.2. The molecule has 9 aromatic rings. The summed E-state index contributed by atoms with van der Waals surface area (Å²) in [6.45, 7) is 6.25. The van der Waals surface area contributed by atoms with Gasteiger partial charge >= 0.3 is 157 Å². The fourth-order valence-electron chi connectivity index (χ4n) is 7.25. The molecule has 4 heterocycles. The zero-order valence-electron chi connectivity index (χ0n) is 34.4. The molecule has 0 saturated carbocycles. The fraction of sp³-hybridized carbons (Fsp3) is 0.163. The van der Waals surface area contributed by atoms with E-state index < -0.39 is 19.6 Å². The number of nitrogens with zero attached hydrogens (tertiary/aromatic N) is 4. The molecule has 5 aromatic carbocycles. The summed E-state index contributed by atoms with van der Waals surface area (Å²) in [5.74, 6) is 7.43. The molecule has 7 heteroatoms. The molecule has 0 bridgehead atoms. The third-order valence-corrected chi connectivity index (χ3v) is 14.3. The first kappa shape index (κ1) is 36.5. The van der Waals surface area contributed by atoms with Crippen LogP contribution in [0.25, 0.3) is 61.4 Å². The molecule has 0 aliphatic rings. The van der Waals surface area contributed by atoms with Crippen LogP contribution in [0.15, 0.2) is 144 Å². The number of hydrogen-bond acceptors (Lipinski definition) is 4. The number of aromatic nitrogens is 4. The van der Waals surface area contributed by atoms with Gasteiger partial charge in [-0.2, -0.15) is 0 Å². The van der Waals surface area contributed by atoms with Crippen molar-refractivity contribution < 1.29 is 27.3 Å². The molecule has 4 aromatic heterocycles. The predicted molar refractivity (Wildman–Crippen MR) is 230 cm³/mol. The van der Waals surface area contributed by atoms with Gasteiger partial charge in [0.1, 0.15) is 0 Å². The third kappa shape index (κ3) is 7.79. The van der Waals surface area contributed by atoms with Crippen molar-refractivity contribution in [2.45, 2.75) is 50.3 Å². The Bertz CT molecular complexity index is 2850. The maximum Gasteiger partial charge on any atom is 0 e. The Hall–Kier alpha value is -5.14. The van der Waals surface area contributed by atoms with Crippen LogP contribution >= 0.6 is 0 Å². The normalized spacial score (nSPS) is 12.8. The van der Waals surface area contributed by atoms with Gasteiger partial charge in [0.2, 0.25) is 5.71 Å². The van der Waals surface area contributed by atoms with E-state index in [0.29, 0.717) is 5.71 Å². The van der Waals surface area contributed by atoms with Gasteiger partial charge in [-0.25, -0.2) is 4.98 Å². The standard InChI is InChI=1S/C26H18N3O.C23H26GeN.Ir/c1-16-8-5-9-17(2)23(16)29-22-14-4-3-13-21(22)28-25(29)20-11-6-10-18-19-12-7-15-27-26(19)30-24(18)20;1-18(19-11-7-5-8-12-19)15-21-16-23(20-13-9-6-10-14-20)25-17-22(21)24(2,3)4;/h3-10,12-15H,1-2H3;5-13,16-18H,15H2,1-4H3;/q2*-1;/i;15D2;. The van der Waals surface area contributed by atoms with Gasteiger partial charge in [0.25, 0.3) is 0 Å². The van der Waals surface area contributed by atoms with Gasteiger partial charge < -0.3 is 8.98 Å². The number of furan rings is 1. The molecular weight excluding hydrogens is 925 g/mol. The summed E-state index contributed by atoms with van der Waals surface area (Å²) < 4.78 is 27.6. The molecule has 0 amide bonds. The van der Waals surface area contributed by atoms with E-state index in [2.05, 4.69) is 82.0 Å². The number of rotatable bonds is 7. The molecular formula is C49H44GeIrN4O-2. The molecule has 0 fully saturated rings. The van der Waals surface area contributed by atoms with Crippen LogP contribution in [0.5, 0.6) is 0 Å². The van der Waals surface area contributed by atoms with E-state index in [4.69, 9.17) is 12.1 Å². The van der Waals surface area contributed by atoms with Gasteiger partial charge in [-0.15, -0.1) is 18.2 Å². The van der Waals surface area contributed by atoms with E-state index in [1.807, 2.05) is 116 Å². The molecule has 0 aliphatic carbocycles. The monoisotopic (exact) mass is 973 g/mol. The van der Waals surface area contributed by atoms with E-state index >= 15 is 0 Å². The quantitative estimate of drug-likeness (QED) is 0.118. The zero-order chi connectivity index (χ0) is 39.9. The number of aryl methyl sites for hydroxylation is 2. The van der Waals surface area contributed by atoms with Crippen LogP contribution in [0.4, 0.5) is 0 Å². The van der Waals surface area contributed by atoms with Crippen LogP contribution < -0.4 is 4.40 Å². The maximum atomic E-state index is 9.05. The van der Waals surface area contributed by atoms with Crippen LogP contribution in [0.2, 0.25) is 17.3 Å². The molecule has 9 rings (SSSR count). The molecule has 1 atom stereocenters. The minimum Gasteiger partial charge on any atom is 0 e. The van der Waals surface area contributed by atoms with Crippen LogP contribution in [0.3, 0.4) is 0 Å². The van der Waals surface area contributed by atoms with Crippen molar-refractivity contribution in [3.8, 4) is 28.3 Å². The minimum atomic E-state index is -2.32. The van der Waals surface area contributed by atoms with Crippen molar-refractivity contribution in [2.75, 3.05) is 0 Å². The number of pyridine rings is 2. The van der Waals surface area contributed by atoms with Crippen molar-refractivity contribution in [1.82, 2.24) is 19.5 Å². The van der Waals surface area contributed by atoms with E-state index in [0.717, 1.165) is 71.2 Å².